The number of rotatable bonds is 4. The second kappa shape index (κ2) is 6.66. The number of amides is 1. The number of carbonyl (C=O) groups is 1. The van der Waals surface area contributed by atoms with Crippen molar-refractivity contribution in [2.45, 2.75) is 18.6 Å². The number of hydrogen-bond acceptors (Lipinski definition) is 5. The summed E-state index contributed by atoms with van der Waals surface area (Å²) in [6.45, 7) is 0.730. The van der Waals surface area contributed by atoms with Crippen molar-refractivity contribution in [1.82, 2.24) is 20.1 Å². The zero-order chi connectivity index (χ0) is 16.4. The molecular formula is C15H18ClN5O2. The van der Waals surface area contributed by atoms with Gasteiger partial charge in [0.05, 0.1) is 17.2 Å². The van der Waals surface area contributed by atoms with Crippen LogP contribution in [0.4, 0.5) is 5.95 Å². The number of methoxy groups -OCH3 is 1. The van der Waals surface area contributed by atoms with Gasteiger partial charge >= 0.3 is 0 Å². The molecule has 2 heterocycles. The van der Waals surface area contributed by atoms with E-state index in [9.17, 15) is 4.79 Å². The Labute approximate surface area is 139 Å². The topological polar surface area (TPSA) is 83.1 Å². The van der Waals surface area contributed by atoms with E-state index in [-0.39, 0.29) is 24.0 Å². The van der Waals surface area contributed by atoms with Crippen LogP contribution in [0.2, 0.25) is 5.02 Å². The summed E-state index contributed by atoms with van der Waals surface area (Å²) in [5.74, 6) is 0.608. The average Bonchev–Trinajstić information content (AvgIpc) is 3.14. The van der Waals surface area contributed by atoms with Crippen molar-refractivity contribution in [3.05, 3.63) is 29.3 Å². The van der Waals surface area contributed by atoms with Crippen molar-refractivity contribution >= 4 is 23.5 Å². The lowest BCUT2D eigenvalue weighted by atomic mass is 10.2. The number of ether oxygens (including phenoxy) is 1. The summed E-state index contributed by atoms with van der Waals surface area (Å²) >= 11 is 6.13. The molecule has 1 aromatic carbocycles. The fourth-order valence-electron chi connectivity index (χ4n) is 2.71. The van der Waals surface area contributed by atoms with E-state index in [4.69, 9.17) is 16.3 Å². The highest BCUT2D eigenvalue weighted by Crippen LogP contribution is 2.25. The van der Waals surface area contributed by atoms with Gasteiger partial charge in [0.25, 0.3) is 0 Å². The SMILES string of the molecule is CO[C@H]1C[C@@H](C(=O)Nc2n[nH]c(-c3ccccc3Cl)n2)N(C)C1. The molecule has 1 saturated heterocycles. The number of carbonyl (C=O) groups excluding carboxylic acids is 1. The maximum atomic E-state index is 12.4. The van der Waals surface area contributed by atoms with Crippen LogP contribution in [0.25, 0.3) is 11.4 Å². The predicted molar refractivity (Wildman–Crippen MR) is 87.3 cm³/mol. The second-order valence-corrected chi connectivity index (χ2v) is 5.93. The number of anilines is 1. The Morgan fingerprint density at radius 3 is 2.96 bits per heavy atom. The number of benzene rings is 1. The summed E-state index contributed by atoms with van der Waals surface area (Å²) in [5.41, 5.74) is 0.736. The highest BCUT2D eigenvalue weighted by atomic mass is 35.5. The van der Waals surface area contributed by atoms with Gasteiger partial charge in [-0.1, -0.05) is 23.7 Å². The monoisotopic (exact) mass is 335 g/mol. The van der Waals surface area contributed by atoms with Gasteiger partial charge in [0, 0.05) is 19.2 Å². The molecule has 0 saturated carbocycles. The minimum Gasteiger partial charge on any atom is -0.380 e. The lowest BCUT2D eigenvalue weighted by Crippen LogP contribution is -2.37. The minimum absolute atomic E-state index is 0.0709. The number of aromatic nitrogens is 3. The molecule has 0 bridgehead atoms. The van der Waals surface area contributed by atoms with Crippen molar-refractivity contribution in [2.75, 3.05) is 26.0 Å². The molecule has 2 aromatic rings. The van der Waals surface area contributed by atoms with Crippen LogP contribution in [0.3, 0.4) is 0 Å². The summed E-state index contributed by atoms with van der Waals surface area (Å²) in [7, 11) is 3.56. The third-order valence-electron chi connectivity index (χ3n) is 4.00. The summed E-state index contributed by atoms with van der Waals surface area (Å²) in [6, 6.07) is 7.06. The highest BCUT2D eigenvalue weighted by Gasteiger charge is 2.34. The minimum atomic E-state index is -0.248. The first-order chi connectivity index (χ1) is 11.1. The third kappa shape index (κ3) is 3.36. The van der Waals surface area contributed by atoms with Gasteiger partial charge in [0.2, 0.25) is 11.9 Å². The van der Waals surface area contributed by atoms with Gasteiger partial charge in [0.15, 0.2) is 5.82 Å². The van der Waals surface area contributed by atoms with Crippen LogP contribution < -0.4 is 5.32 Å². The van der Waals surface area contributed by atoms with E-state index in [1.807, 2.05) is 30.1 Å². The van der Waals surface area contributed by atoms with Gasteiger partial charge in [-0.25, -0.2) is 0 Å². The van der Waals surface area contributed by atoms with Crippen LogP contribution in [0.15, 0.2) is 24.3 Å². The van der Waals surface area contributed by atoms with Gasteiger partial charge in [-0.3, -0.25) is 20.1 Å². The first kappa shape index (κ1) is 15.9. The number of nitrogens with one attached hydrogen (secondary N) is 2. The summed E-state index contributed by atoms with van der Waals surface area (Å²) in [5, 5.41) is 10.1. The Balaban J connectivity index is 1.70. The number of likely N-dealkylation sites (tertiary alicyclic amines) is 1. The molecule has 1 amide bonds. The van der Waals surface area contributed by atoms with Crippen molar-refractivity contribution in [3.8, 4) is 11.4 Å². The molecule has 0 unspecified atom stereocenters. The molecule has 1 aromatic heterocycles. The van der Waals surface area contributed by atoms with Gasteiger partial charge < -0.3 is 4.74 Å². The van der Waals surface area contributed by atoms with Crippen molar-refractivity contribution < 1.29 is 9.53 Å². The van der Waals surface area contributed by atoms with Crippen LogP contribution in [0, 0.1) is 0 Å². The molecule has 0 spiro atoms. The molecule has 23 heavy (non-hydrogen) atoms. The van der Waals surface area contributed by atoms with E-state index in [1.54, 1.807) is 13.2 Å². The maximum Gasteiger partial charge on any atom is 0.249 e. The quantitative estimate of drug-likeness (QED) is 0.890. The number of nitrogens with zero attached hydrogens (tertiary/aromatic N) is 3. The molecule has 0 aliphatic carbocycles. The number of aromatic amines is 1. The summed E-state index contributed by atoms with van der Waals surface area (Å²) in [4.78, 5) is 18.6. The number of halogens is 1. The third-order valence-corrected chi connectivity index (χ3v) is 4.32. The summed E-state index contributed by atoms with van der Waals surface area (Å²) < 4.78 is 5.31. The lowest BCUT2D eigenvalue weighted by molar-refractivity contribution is -0.120. The molecule has 2 atom stereocenters. The van der Waals surface area contributed by atoms with Crippen molar-refractivity contribution in [3.63, 3.8) is 0 Å². The molecule has 1 fully saturated rings. The van der Waals surface area contributed by atoms with Crippen LogP contribution >= 0.6 is 11.6 Å². The van der Waals surface area contributed by atoms with Crippen molar-refractivity contribution in [2.24, 2.45) is 0 Å². The Morgan fingerprint density at radius 2 is 2.26 bits per heavy atom. The first-order valence-electron chi connectivity index (χ1n) is 7.29. The van der Waals surface area contributed by atoms with Crippen LogP contribution in [-0.2, 0) is 9.53 Å². The van der Waals surface area contributed by atoms with E-state index < -0.39 is 0 Å². The van der Waals surface area contributed by atoms with E-state index in [2.05, 4.69) is 20.5 Å². The Kier molecular flexibility index (Phi) is 4.61. The Morgan fingerprint density at radius 1 is 1.48 bits per heavy atom. The standard InChI is InChI=1S/C15H18ClN5O2/c1-21-8-9(23-2)7-12(21)14(22)18-15-17-13(19-20-15)10-5-3-4-6-11(10)16/h3-6,9,12H,7-8H2,1-2H3,(H2,17,18,19,20,22)/t9-,12-/m0/s1. The molecule has 122 valence electrons. The fourth-order valence-corrected chi connectivity index (χ4v) is 2.94. The van der Waals surface area contributed by atoms with E-state index >= 15 is 0 Å². The Hall–Kier alpha value is -1.96. The van der Waals surface area contributed by atoms with Crippen LogP contribution in [-0.4, -0.2) is 58.8 Å². The highest BCUT2D eigenvalue weighted by molar-refractivity contribution is 6.33. The lowest BCUT2D eigenvalue weighted by Gasteiger charge is -2.16. The van der Waals surface area contributed by atoms with Gasteiger partial charge in [-0.2, -0.15) is 4.98 Å². The average molecular weight is 336 g/mol. The molecule has 2 N–H and O–H groups in total. The van der Waals surface area contributed by atoms with E-state index in [1.165, 1.54) is 0 Å². The molecule has 7 nitrogen and oxygen atoms in total. The predicted octanol–water partition coefficient (Wildman–Crippen LogP) is 1.78. The number of H-pyrrole nitrogens is 1. The van der Waals surface area contributed by atoms with Gasteiger partial charge in [-0.15, -0.1) is 5.10 Å². The molecule has 1 aliphatic rings. The van der Waals surface area contributed by atoms with Crippen LogP contribution in [0.1, 0.15) is 6.42 Å². The van der Waals surface area contributed by atoms with E-state index in [0.29, 0.717) is 17.3 Å². The second-order valence-electron chi connectivity index (χ2n) is 5.53. The molecule has 3 rings (SSSR count). The van der Waals surface area contributed by atoms with E-state index in [0.717, 1.165) is 12.1 Å². The van der Waals surface area contributed by atoms with Gasteiger partial charge in [0.1, 0.15) is 0 Å². The zero-order valence-electron chi connectivity index (χ0n) is 12.9. The van der Waals surface area contributed by atoms with Crippen LogP contribution in [0.5, 0.6) is 0 Å². The van der Waals surface area contributed by atoms with Crippen molar-refractivity contribution in [1.29, 1.82) is 0 Å². The molecule has 1 aliphatic heterocycles. The molecular weight excluding hydrogens is 318 g/mol. The molecule has 8 heteroatoms. The number of hydrogen-bond donors (Lipinski definition) is 2. The zero-order valence-corrected chi connectivity index (χ0v) is 13.7. The smallest absolute Gasteiger partial charge is 0.249 e. The fraction of sp³-hybridized carbons (Fsp3) is 0.400. The maximum absolute atomic E-state index is 12.4. The first-order valence-corrected chi connectivity index (χ1v) is 7.67. The Bertz CT molecular complexity index is 705. The number of likely N-dealkylation sites (N-methyl/N-ethyl adjacent to an activating group) is 1. The van der Waals surface area contributed by atoms with Gasteiger partial charge in [-0.05, 0) is 25.6 Å². The normalized spacial score (nSPS) is 21.5. The largest absolute Gasteiger partial charge is 0.380 e. The molecule has 0 radical (unpaired) electrons. The summed E-state index contributed by atoms with van der Waals surface area (Å²) in [6.07, 6.45) is 0.724.